The van der Waals surface area contributed by atoms with Crippen molar-refractivity contribution in [1.82, 2.24) is 0 Å². The normalized spacial score (nSPS) is 14.4. The molecule has 0 spiro atoms. The number of ether oxygens (including phenoxy) is 1. The van der Waals surface area contributed by atoms with Crippen LogP contribution >= 0.6 is 0 Å². The van der Waals surface area contributed by atoms with Crippen molar-refractivity contribution in [2.24, 2.45) is 5.92 Å². The first kappa shape index (κ1) is 21.1. The van der Waals surface area contributed by atoms with E-state index in [0.717, 1.165) is 25.7 Å². The fraction of sp³-hybridized carbons (Fsp3) is 0.700. The largest absolute Gasteiger partial charge is 0.365 e. The van der Waals surface area contributed by atoms with E-state index < -0.39 is 6.29 Å². The molecular weight excluding hydrogens is 272 g/mol. The van der Waals surface area contributed by atoms with Gasteiger partial charge < -0.3 is 9.84 Å². The Morgan fingerprint density at radius 2 is 1.55 bits per heavy atom. The van der Waals surface area contributed by atoms with Gasteiger partial charge in [0.15, 0.2) is 6.29 Å². The SMILES string of the molecule is CC(C)=CCC/C(C)=C\C(O)OCC[C@H](C)CCC=C(C)C. The molecule has 128 valence electrons. The molecule has 0 aromatic carbocycles. The van der Waals surface area contributed by atoms with Crippen LogP contribution in [-0.4, -0.2) is 18.0 Å². The highest BCUT2D eigenvalue weighted by Crippen LogP contribution is 2.13. The summed E-state index contributed by atoms with van der Waals surface area (Å²) in [5, 5.41) is 9.87. The molecule has 22 heavy (non-hydrogen) atoms. The van der Waals surface area contributed by atoms with Crippen LogP contribution in [0.5, 0.6) is 0 Å². The van der Waals surface area contributed by atoms with Gasteiger partial charge in [-0.15, -0.1) is 0 Å². The molecule has 0 fully saturated rings. The molecule has 0 aromatic rings. The molecule has 1 N–H and O–H groups in total. The van der Waals surface area contributed by atoms with Crippen LogP contribution < -0.4 is 0 Å². The summed E-state index contributed by atoms with van der Waals surface area (Å²) in [5.41, 5.74) is 3.90. The molecular formula is C20H36O2. The maximum atomic E-state index is 9.87. The molecule has 0 saturated heterocycles. The standard InChI is InChI=1S/C20H36O2/c1-16(2)9-7-11-18(5)13-14-22-20(21)15-19(6)12-8-10-17(3)4/h9-10,15,18,20-21H,7-8,11-14H2,1-6H3/b19-15-/t18-,20?/m1/s1. The molecule has 0 rings (SSSR count). The second kappa shape index (κ2) is 12.7. The second-order valence-electron chi connectivity index (χ2n) is 6.85. The summed E-state index contributed by atoms with van der Waals surface area (Å²) in [5.74, 6) is 0.630. The third kappa shape index (κ3) is 14.1. The minimum Gasteiger partial charge on any atom is -0.365 e. The average molecular weight is 309 g/mol. The van der Waals surface area contributed by atoms with Crippen molar-refractivity contribution in [3.63, 3.8) is 0 Å². The monoisotopic (exact) mass is 308 g/mol. The number of hydrogen-bond acceptors (Lipinski definition) is 2. The van der Waals surface area contributed by atoms with Gasteiger partial charge in [-0.25, -0.2) is 0 Å². The number of aliphatic hydroxyl groups is 1. The molecule has 0 aliphatic heterocycles. The molecule has 0 saturated carbocycles. The zero-order chi connectivity index (χ0) is 17.0. The van der Waals surface area contributed by atoms with Gasteiger partial charge in [0.1, 0.15) is 0 Å². The van der Waals surface area contributed by atoms with Gasteiger partial charge in [0.2, 0.25) is 0 Å². The van der Waals surface area contributed by atoms with Crippen molar-refractivity contribution >= 4 is 0 Å². The first-order chi connectivity index (χ1) is 10.3. The highest BCUT2D eigenvalue weighted by atomic mass is 16.6. The molecule has 2 nitrogen and oxygen atoms in total. The molecule has 0 aliphatic rings. The Morgan fingerprint density at radius 1 is 0.955 bits per heavy atom. The Morgan fingerprint density at radius 3 is 2.14 bits per heavy atom. The Labute approximate surface area is 138 Å². The fourth-order valence-corrected chi connectivity index (χ4v) is 2.15. The molecule has 0 bridgehead atoms. The van der Waals surface area contributed by atoms with Gasteiger partial charge in [0.05, 0.1) is 6.61 Å². The minimum atomic E-state index is -0.767. The van der Waals surface area contributed by atoms with Crippen LogP contribution in [0.25, 0.3) is 0 Å². The van der Waals surface area contributed by atoms with E-state index in [-0.39, 0.29) is 0 Å². The number of allylic oxidation sites excluding steroid dienone is 5. The van der Waals surface area contributed by atoms with Gasteiger partial charge in [-0.05, 0) is 78.7 Å². The van der Waals surface area contributed by atoms with Crippen LogP contribution in [0.15, 0.2) is 34.9 Å². The van der Waals surface area contributed by atoms with Crippen LogP contribution in [0.4, 0.5) is 0 Å². The van der Waals surface area contributed by atoms with E-state index in [1.807, 2.05) is 13.0 Å². The smallest absolute Gasteiger partial charge is 0.174 e. The number of aliphatic hydroxyl groups excluding tert-OH is 1. The van der Waals surface area contributed by atoms with Crippen molar-refractivity contribution < 1.29 is 9.84 Å². The van der Waals surface area contributed by atoms with E-state index in [1.54, 1.807) is 0 Å². The van der Waals surface area contributed by atoms with Crippen molar-refractivity contribution in [3.8, 4) is 0 Å². The Hall–Kier alpha value is -0.860. The quantitative estimate of drug-likeness (QED) is 0.387. The summed E-state index contributed by atoms with van der Waals surface area (Å²) < 4.78 is 5.49. The lowest BCUT2D eigenvalue weighted by Crippen LogP contribution is -2.12. The molecule has 0 radical (unpaired) electrons. The summed E-state index contributed by atoms with van der Waals surface area (Å²) in [6, 6.07) is 0. The number of hydrogen-bond donors (Lipinski definition) is 1. The van der Waals surface area contributed by atoms with Crippen LogP contribution in [0.3, 0.4) is 0 Å². The van der Waals surface area contributed by atoms with E-state index in [1.165, 1.54) is 23.1 Å². The average Bonchev–Trinajstić information content (AvgIpc) is 2.37. The van der Waals surface area contributed by atoms with E-state index in [2.05, 4.69) is 46.8 Å². The minimum absolute atomic E-state index is 0.620. The summed E-state index contributed by atoms with van der Waals surface area (Å²) in [6.45, 7) is 13.4. The van der Waals surface area contributed by atoms with Gasteiger partial charge in [-0.1, -0.05) is 35.8 Å². The van der Waals surface area contributed by atoms with Crippen molar-refractivity contribution in [3.05, 3.63) is 34.9 Å². The lowest BCUT2D eigenvalue weighted by atomic mass is 10.0. The fourth-order valence-electron chi connectivity index (χ4n) is 2.15. The third-order valence-corrected chi connectivity index (χ3v) is 3.63. The maximum Gasteiger partial charge on any atom is 0.174 e. The Balaban J connectivity index is 3.85. The molecule has 1 unspecified atom stereocenters. The Bertz CT molecular complexity index is 369. The summed E-state index contributed by atoms with van der Waals surface area (Å²) >= 11 is 0. The topological polar surface area (TPSA) is 29.5 Å². The lowest BCUT2D eigenvalue weighted by molar-refractivity contribution is -0.0679. The zero-order valence-electron chi connectivity index (χ0n) is 15.5. The van der Waals surface area contributed by atoms with Crippen molar-refractivity contribution in [2.45, 2.75) is 79.9 Å². The zero-order valence-corrected chi connectivity index (χ0v) is 15.5. The maximum absolute atomic E-state index is 9.87. The van der Waals surface area contributed by atoms with E-state index in [4.69, 9.17) is 4.74 Å². The first-order valence-electron chi connectivity index (χ1n) is 8.55. The van der Waals surface area contributed by atoms with Crippen LogP contribution in [0.2, 0.25) is 0 Å². The van der Waals surface area contributed by atoms with Gasteiger partial charge in [0, 0.05) is 0 Å². The predicted molar refractivity (Wildman–Crippen MR) is 96.8 cm³/mol. The highest BCUT2D eigenvalue weighted by Gasteiger charge is 2.05. The summed E-state index contributed by atoms with van der Waals surface area (Å²) in [6.07, 6.45) is 10.9. The van der Waals surface area contributed by atoms with Crippen LogP contribution in [0.1, 0.15) is 73.6 Å². The molecule has 0 heterocycles. The molecule has 0 amide bonds. The molecule has 2 heteroatoms. The van der Waals surface area contributed by atoms with Gasteiger partial charge >= 0.3 is 0 Å². The van der Waals surface area contributed by atoms with E-state index in [0.29, 0.717) is 12.5 Å². The summed E-state index contributed by atoms with van der Waals surface area (Å²) in [7, 11) is 0. The third-order valence-electron chi connectivity index (χ3n) is 3.63. The van der Waals surface area contributed by atoms with Gasteiger partial charge in [-0.2, -0.15) is 0 Å². The van der Waals surface area contributed by atoms with Crippen LogP contribution in [0, 0.1) is 5.92 Å². The van der Waals surface area contributed by atoms with Gasteiger partial charge in [0.25, 0.3) is 0 Å². The second-order valence-corrected chi connectivity index (χ2v) is 6.85. The number of rotatable bonds is 11. The first-order valence-corrected chi connectivity index (χ1v) is 8.55. The van der Waals surface area contributed by atoms with Crippen molar-refractivity contribution in [2.75, 3.05) is 6.61 Å². The predicted octanol–water partition coefficient (Wildman–Crippen LogP) is 5.79. The summed E-state index contributed by atoms with van der Waals surface area (Å²) in [4.78, 5) is 0. The molecule has 0 aromatic heterocycles. The van der Waals surface area contributed by atoms with Crippen LogP contribution in [-0.2, 0) is 4.74 Å². The van der Waals surface area contributed by atoms with E-state index >= 15 is 0 Å². The van der Waals surface area contributed by atoms with E-state index in [9.17, 15) is 5.11 Å². The van der Waals surface area contributed by atoms with Crippen molar-refractivity contribution in [1.29, 1.82) is 0 Å². The lowest BCUT2D eigenvalue weighted by Gasteiger charge is -2.13. The molecule has 2 atom stereocenters. The molecule has 0 aliphatic carbocycles. The highest BCUT2D eigenvalue weighted by molar-refractivity contribution is 5.03. The van der Waals surface area contributed by atoms with Gasteiger partial charge in [-0.3, -0.25) is 0 Å². The Kier molecular flexibility index (Phi) is 12.2.